The van der Waals surface area contributed by atoms with Gasteiger partial charge in [-0.05, 0) is 83.2 Å². The van der Waals surface area contributed by atoms with Gasteiger partial charge in [0.25, 0.3) is 0 Å². The van der Waals surface area contributed by atoms with Crippen LogP contribution in [0.4, 0.5) is 0 Å². The number of esters is 2. The summed E-state index contributed by atoms with van der Waals surface area (Å²) in [5.41, 5.74) is 0. The second-order valence-corrected chi connectivity index (χ2v) is 19.8. The molecule has 0 aromatic rings. The van der Waals surface area contributed by atoms with E-state index in [1.54, 1.807) is 0 Å². The van der Waals surface area contributed by atoms with Crippen molar-refractivity contribution in [2.45, 2.75) is 265 Å². The van der Waals surface area contributed by atoms with Crippen LogP contribution in [0.25, 0.3) is 0 Å². The molecule has 2 N–H and O–H groups in total. The first kappa shape index (κ1) is 60.3. The monoisotopic (exact) mass is 906 g/mol. The molecular weight excluding hydrogens is 799 g/mol. The van der Waals surface area contributed by atoms with Crippen LogP contribution in [0, 0.1) is 11.8 Å². The minimum absolute atomic E-state index is 0.0172. The Balaban J connectivity index is 2.68. The van der Waals surface area contributed by atoms with Gasteiger partial charge in [0, 0.05) is 57.4 Å². The molecule has 1 aliphatic rings. The van der Waals surface area contributed by atoms with Crippen molar-refractivity contribution in [2.75, 3.05) is 59.1 Å². The van der Waals surface area contributed by atoms with Crippen LogP contribution in [0.3, 0.4) is 0 Å². The van der Waals surface area contributed by atoms with E-state index < -0.39 is 0 Å². The molecule has 0 heterocycles. The SMILES string of the molecule is CCCCCCCCC(CCCCCC)CNC(=O)CCCCN(CCO)CCN(CCCCC(COC(=O)CCCCCCC)COC(=O)CCCCCCC)C1CCCCCC1. The third-order valence-electron chi connectivity index (χ3n) is 13.8. The van der Waals surface area contributed by atoms with Crippen LogP contribution in [-0.4, -0.2) is 97.9 Å². The van der Waals surface area contributed by atoms with Crippen molar-refractivity contribution in [3.8, 4) is 0 Å². The summed E-state index contributed by atoms with van der Waals surface area (Å²) in [6, 6.07) is 0.589. The summed E-state index contributed by atoms with van der Waals surface area (Å²) < 4.78 is 11.5. The summed E-state index contributed by atoms with van der Waals surface area (Å²) in [7, 11) is 0. The molecule has 1 saturated carbocycles. The maximum atomic E-state index is 13.0. The highest BCUT2D eigenvalue weighted by Crippen LogP contribution is 2.24. The van der Waals surface area contributed by atoms with E-state index in [1.165, 1.54) is 141 Å². The van der Waals surface area contributed by atoms with Gasteiger partial charge in [0.2, 0.25) is 5.91 Å². The van der Waals surface area contributed by atoms with Crippen molar-refractivity contribution in [1.82, 2.24) is 15.1 Å². The molecule has 0 bridgehead atoms. The molecule has 0 spiro atoms. The summed E-state index contributed by atoms with van der Waals surface area (Å²) in [4.78, 5) is 43.4. The minimum Gasteiger partial charge on any atom is -0.465 e. The quantitative estimate of drug-likeness (QED) is 0.0353. The van der Waals surface area contributed by atoms with E-state index in [1.807, 2.05) is 0 Å². The first-order valence-electron chi connectivity index (χ1n) is 28.0. The predicted molar refractivity (Wildman–Crippen MR) is 270 cm³/mol. The number of carbonyl (C=O) groups excluding carboxylic acids is 3. The average Bonchev–Trinajstić information content (AvgIpc) is 3.59. The van der Waals surface area contributed by atoms with Crippen LogP contribution in [0.15, 0.2) is 0 Å². The molecule has 1 fully saturated rings. The number of aliphatic hydroxyl groups is 1. The van der Waals surface area contributed by atoms with E-state index in [-0.39, 0.29) is 30.4 Å². The molecule has 1 unspecified atom stereocenters. The van der Waals surface area contributed by atoms with Gasteiger partial charge in [-0.25, -0.2) is 0 Å². The van der Waals surface area contributed by atoms with E-state index in [4.69, 9.17) is 9.47 Å². The highest BCUT2D eigenvalue weighted by atomic mass is 16.5. The molecule has 0 aliphatic heterocycles. The number of nitrogens with zero attached hydrogens (tertiary/aromatic N) is 2. The zero-order valence-electron chi connectivity index (χ0n) is 42.9. The number of aliphatic hydroxyl groups excluding tert-OH is 1. The Morgan fingerprint density at radius 1 is 0.500 bits per heavy atom. The van der Waals surface area contributed by atoms with Crippen molar-refractivity contribution in [3.05, 3.63) is 0 Å². The maximum absolute atomic E-state index is 13.0. The van der Waals surface area contributed by atoms with Crippen molar-refractivity contribution >= 4 is 17.8 Å². The highest BCUT2D eigenvalue weighted by molar-refractivity contribution is 5.75. The van der Waals surface area contributed by atoms with Gasteiger partial charge in [0.05, 0.1) is 19.8 Å². The number of amides is 1. The Morgan fingerprint density at radius 3 is 1.50 bits per heavy atom. The van der Waals surface area contributed by atoms with E-state index in [0.717, 1.165) is 103 Å². The van der Waals surface area contributed by atoms with E-state index >= 15 is 0 Å². The van der Waals surface area contributed by atoms with Gasteiger partial charge >= 0.3 is 11.9 Å². The summed E-state index contributed by atoms with van der Waals surface area (Å²) in [6.45, 7) is 15.1. The molecule has 9 nitrogen and oxygen atoms in total. The molecule has 64 heavy (non-hydrogen) atoms. The van der Waals surface area contributed by atoms with Crippen molar-refractivity contribution in [2.24, 2.45) is 11.8 Å². The average molecular weight is 906 g/mol. The summed E-state index contributed by atoms with van der Waals surface area (Å²) in [5, 5.41) is 13.3. The van der Waals surface area contributed by atoms with Crippen molar-refractivity contribution in [3.63, 3.8) is 0 Å². The first-order valence-corrected chi connectivity index (χ1v) is 28.0. The molecule has 0 aromatic carbocycles. The second kappa shape index (κ2) is 45.1. The van der Waals surface area contributed by atoms with Crippen LogP contribution in [0.2, 0.25) is 0 Å². The van der Waals surface area contributed by atoms with E-state index in [2.05, 4.69) is 42.8 Å². The molecule has 0 saturated heterocycles. The lowest BCUT2D eigenvalue weighted by atomic mass is 9.94. The van der Waals surface area contributed by atoms with Crippen LogP contribution < -0.4 is 5.32 Å². The lowest BCUT2D eigenvalue weighted by Gasteiger charge is -2.33. The summed E-state index contributed by atoms with van der Waals surface area (Å²) >= 11 is 0. The Labute approximate surface area is 396 Å². The molecule has 0 radical (unpaired) electrons. The fourth-order valence-electron chi connectivity index (χ4n) is 9.51. The second-order valence-electron chi connectivity index (χ2n) is 19.8. The Bertz CT molecular complexity index is 1020. The fraction of sp³-hybridized carbons (Fsp3) is 0.945. The minimum atomic E-state index is -0.130. The van der Waals surface area contributed by atoms with Gasteiger partial charge in [-0.3, -0.25) is 24.2 Å². The number of nitrogens with one attached hydrogen (secondary N) is 1. The molecule has 1 atom stereocenters. The largest absolute Gasteiger partial charge is 0.465 e. The topological polar surface area (TPSA) is 108 Å². The fourth-order valence-corrected chi connectivity index (χ4v) is 9.51. The van der Waals surface area contributed by atoms with Gasteiger partial charge in [-0.15, -0.1) is 0 Å². The lowest BCUT2D eigenvalue weighted by Crippen LogP contribution is -2.42. The van der Waals surface area contributed by atoms with E-state index in [0.29, 0.717) is 51.0 Å². The molecule has 0 aromatic heterocycles. The molecule has 1 amide bonds. The Morgan fingerprint density at radius 2 is 0.953 bits per heavy atom. The first-order chi connectivity index (χ1) is 31.4. The zero-order chi connectivity index (χ0) is 46.6. The van der Waals surface area contributed by atoms with Crippen LogP contribution >= 0.6 is 0 Å². The van der Waals surface area contributed by atoms with Gasteiger partial charge in [0.15, 0.2) is 0 Å². The van der Waals surface area contributed by atoms with Crippen LogP contribution in [0.1, 0.15) is 259 Å². The van der Waals surface area contributed by atoms with Crippen molar-refractivity contribution in [1.29, 1.82) is 0 Å². The number of unbranched alkanes of at least 4 members (excludes halogenated alkanes) is 18. The predicted octanol–water partition coefficient (Wildman–Crippen LogP) is 13.5. The van der Waals surface area contributed by atoms with Gasteiger partial charge < -0.3 is 19.9 Å². The molecule has 1 rings (SSSR count). The Kier molecular flexibility index (Phi) is 42.5. The van der Waals surface area contributed by atoms with E-state index in [9.17, 15) is 19.5 Å². The molecular formula is C55H107N3O6. The Hall–Kier alpha value is -1.71. The third-order valence-corrected chi connectivity index (χ3v) is 13.8. The summed E-state index contributed by atoms with van der Waals surface area (Å²) in [5.74, 6) is 0.556. The number of carbonyl (C=O) groups is 3. The lowest BCUT2D eigenvalue weighted by molar-refractivity contribution is -0.149. The summed E-state index contributed by atoms with van der Waals surface area (Å²) in [6.07, 6.45) is 40.6. The van der Waals surface area contributed by atoms with Gasteiger partial charge in [-0.1, -0.05) is 175 Å². The third kappa shape index (κ3) is 36.4. The zero-order valence-corrected chi connectivity index (χ0v) is 42.9. The number of hydrogen-bond acceptors (Lipinski definition) is 8. The maximum Gasteiger partial charge on any atom is 0.305 e. The number of ether oxygens (including phenoxy) is 2. The highest BCUT2D eigenvalue weighted by Gasteiger charge is 2.22. The van der Waals surface area contributed by atoms with Crippen LogP contribution in [0.5, 0.6) is 0 Å². The number of hydrogen-bond donors (Lipinski definition) is 2. The molecule has 9 heteroatoms. The van der Waals surface area contributed by atoms with Crippen LogP contribution in [-0.2, 0) is 23.9 Å². The molecule has 1 aliphatic carbocycles. The smallest absolute Gasteiger partial charge is 0.305 e. The van der Waals surface area contributed by atoms with Crippen molar-refractivity contribution < 1.29 is 29.0 Å². The number of rotatable bonds is 46. The normalized spacial score (nSPS) is 14.1. The standard InChI is InChI=1S/C55H107N3O6/c1-5-9-13-17-20-24-34-50(33-23-16-12-8-4)47-56-53(60)38-30-31-41-57(45-46-59)43-44-58(52-36-25-21-22-26-37-52)42-32-29-35-51(48-63-54(61)39-27-18-14-10-6-2)49-64-55(62)40-28-19-15-11-7-3/h50-52,59H,5-49H2,1-4H3,(H,56,60). The van der Waals surface area contributed by atoms with Gasteiger partial charge in [-0.2, -0.15) is 0 Å². The molecule has 378 valence electrons. The van der Waals surface area contributed by atoms with Gasteiger partial charge in [0.1, 0.15) is 0 Å².